The zero-order valence-electron chi connectivity index (χ0n) is 16.1. The predicted octanol–water partition coefficient (Wildman–Crippen LogP) is 2.52. The lowest BCUT2D eigenvalue weighted by atomic mass is 10.0. The number of para-hydroxylation sites is 1. The van der Waals surface area contributed by atoms with Crippen molar-refractivity contribution in [3.8, 4) is 0 Å². The van der Waals surface area contributed by atoms with Crippen LogP contribution < -0.4 is 4.90 Å². The molecule has 0 amide bonds. The third kappa shape index (κ3) is 3.94. The Bertz CT molecular complexity index is 717. The SMILES string of the molecule is Cc1ccccc1N1CCN(C2CCCN(Cc3cnn(C)c3)C2)CC1. The number of aromatic nitrogens is 2. The number of likely N-dealkylation sites (tertiary alicyclic amines) is 1. The van der Waals surface area contributed by atoms with E-state index in [4.69, 9.17) is 0 Å². The van der Waals surface area contributed by atoms with Crippen LogP contribution >= 0.6 is 0 Å². The normalized spacial score (nSPS) is 22.7. The maximum absolute atomic E-state index is 4.31. The van der Waals surface area contributed by atoms with E-state index in [0.29, 0.717) is 6.04 Å². The van der Waals surface area contributed by atoms with Crippen molar-refractivity contribution >= 4 is 5.69 Å². The van der Waals surface area contributed by atoms with E-state index in [2.05, 4.69) is 57.2 Å². The van der Waals surface area contributed by atoms with E-state index in [-0.39, 0.29) is 0 Å². The molecule has 0 radical (unpaired) electrons. The first-order chi connectivity index (χ1) is 12.7. The van der Waals surface area contributed by atoms with E-state index in [9.17, 15) is 0 Å². The summed E-state index contributed by atoms with van der Waals surface area (Å²) in [5, 5.41) is 4.31. The van der Waals surface area contributed by atoms with Gasteiger partial charge in [0.2, 0.25) is 0 Å². The average Bonchev–Trinajstić information content (AvgIpc) is 3.07. The van der Waals surface area contributed by atoms with Crippen molar-refractivity contribution in [3.05, 3.63) is 47.8 Å². The van der Waals surface area contributed by atoms with E-state index in [0.717, 1.165) is 19.6 Å². The summed E-state index contributed by atoms with van der Waals surface area (Å²) >= 11 is 0. The molecule has 0 spiro atoms. The number of hydrogen-bond acceptors (Lipinski definition) is 4. The monoisotopic (exact) mass is 353 g/mol. The summed E-state index contributed by atoms with van der Waals surface area (Å²) in [6.45, 7) is 10.3. The summed E-state index contributed by atoms with van der Waals surface area (Å²) in [5.41, 5.74) is 4.13. The lowest BCUT2D eigenvalue weighted by Gasteiger charge is -2.44. The minimum atomic E-state index is 0.708. The highest BCUT2D eigenvalue weighted by atomic mass is 15.3. The zero-order valence-corrected chi connectivity index (χ0v) is 16.1. The van der Waals surface area contributed by atoms with Crippen LogP contribution in [-0.2, 0) is 13.6 Å². The van der Waals surface area contributed by atoms with Gasteiger partial charge in [0.15, 0.2) is 0 Å². The summed E-state index contributed by atoms with van der Waals surface area (Å²) in [6.07, 6.45) is 6.80. The Balaban J connectivity index is 1.32. The number of aryl methyl sites for hydroxylation is 2. The van der Waals surface area contributed by atoms with Gasteiger partial charge in [-0.3, -0.25) is 14.5 Å². The highest BCUT2D eigenvalue weighted by Crippen LogP contribution is 2.24. The van der Waals surface area contributed by atoms with Crippen LogP contribution in [0, 0.1) is 6.92 Å². The highest BCUT2D eigenvalue weighted by Gasteiger charge is 2.28. The quantitative estimate of drug-likeness (QED) is 0.844. The Kier molecular flexibility index (Phi) is 5.27. The number of piperidine rings is 1. The van der Waals surface area contributed by atoms with E-state index < -0.39 is 0 Å². The first-order valence-corrected chi connectivity index (χ1v) is 9.93. The van der Waals surface area contributed by atoms with E-state index in [1.807, 2.05) is 17.9 Å². The molecule has 1 unspecified atom stereocenters. The fraction of sp³-hybridized carbons (Fsp3) is 0.571. The molecule has 2 aliphatic rings. The Morgan fingerprint density at radius 3 is 2.62 bits per heavy atom. The molecule has 5 heteroatoms. The second kappa shape index (κ2) is 7.80. The van der Waals surface area contributed by atoms with Gasteiger partial charge >= 0.3 is 0 Å². The summed E-state index contributed by atoms with van der Waals surface area (Å²) in [7, 11) is 2.00. The Morgan fingerprint density at radius 1 is 1.08 bits per heavy atom. The van der Waals surface area contributed by atoms with Crippen LogP contribution in [0.15, 0.2) is 36.7 Å². The highest BCUT2D eigenvalue weighted by molar-refractivity contribution is 5.53. The molecular formula is C21H31N5. The van der Waals surface area contributed by atoms with Gasteiger partial charge in [0.05, 0.1) is 6.20 Å². The average molecular weight is 354 g/mol. The third-order valence-electron chi connectivity index (χ3n) is 5.93. The summed E-state index contributed by atoms with van der Waals surface area (Å²) in [4.78, 5) is 7.89. The van der Waals surface area contributed by atoms with E-state index >= 15 is 0 Å². The minimum Gasteiger partial charge on any atom is -0.369 e. The van der Waals surface area contributed by atoms with Gasteiger partial charge in [0.25, 0.3) is 0 Å². The number of nitrogens with zero attached hydrogens (tertiary/aromatic N) is 5. The maximum atomic E-state index is 4.31. The molecule has 1 aromatic carbocycles. The molecule has 2 fully saturated rings. The lowest BCUT2D eigenvalue weighted by Crippen LogP contribution is -2.55. The minimum absolute atomic E-state index is 0.708. The summed E-state index contributed by atoms with van der Waals surface area (Å²) in [6, 6.07) is 9.49. The zero-order chi connectivity index (χ0) is 17.9. The second-order valence-electron chi connectivity index (χ2n) is 7.86. The van der Waals surface area contributed by atoms with Crippen molar-refractivity contribution in [1.82, 2.24) is 19.6 Å². The number of rotatable bonds is 4. The number of anilines is 1. The molecule has 3 heterocycles. The topological polar surface area (TPSA) is 27.5 Å². The van der Waals surface area contributed by atoms with E-state index in [1.54, 1.807) is 0 Å². The first-order valence-electron chi connectivity index (χ1n) is 9.93. The molecule has 4 rings (SSSR count). The smallest absolute Gasteiger partial charge is 0.0534 e. The van der Waals surface area contributed by atoms with Crippen LogP contribution in [0.2, 0.25) is 0 Å². The fourth-order valence-corrected chi connectivity index (χ4v) is 4.53. The molecule has 5 nitrogen and oxygen atoms in total. The summed E-state index contributed by atoms with van der Waals surface area (Å²) in [5.74, 6) is 0. The standard InChI is InChI=1S/C21H31N5/c1-18-6-3-4-8-21(18)26-12-10-25(11-13-26)20-7-5-9-24(17-20)16-19-14-22-23(2)15-19/h3-4,6,8,14-15,20H,5,7,9-13,16-17H2,1-2H3. The molecule has 1 atom stereocenters. The van der Waals surface area contributed by atoms with Crippen molar-refractivity contribution in [2.24, 2.45) is 7.05 Å². The molecule has 0 N–H and O–H groups in total. The molecule has 2 aromatic rings. The Morgan fingerprint density at radius 2 is 1.88 bits per heavy atom. The second-order valence-corrected chi connectivity index (χ2v) is 7.86. The Labute approximate surface area is 157 Å². The lowest BCUT2D eigenvalue weighted by molar-refractivity contribution is 0.0887. The van der Waals surface area contributed by atoms with Crippen molar-refractivity contribution in [3.63, 3.8) is 0 Å². The van der Waals surface area contributed by atoms with Crippen LogP contribution in [0.5, 0.6) is 0 Å². The van der Waals surface area contributed by atoms with Crippen molar-refractivity contribution < 1.29 is 0 Å². The Hall–Kier alpha value is -1.85. The fourth-order valence-electron chi connectivity index (χ4n) is 4.53. The number of hydrogen-bond donors (Lipinski definition) is 0. The van der Waals surface area contributed by atoms with Crippen LogP contribution in [-0.4, -0.2) is 64.9 Å². The van der Waals surface area contributed by atoms with Gasteiger partial charge in [0.1, 0.15) is 0 Å². The number of piperazine rings is 1. The van der Waals surface area contributed by atoms with Gasteiger partial charge in [-0.05, 0) is 37.9 Å². The molecule has 1 aromatic heterocycles. The van der Waals surface area contributed by atoms with Crippen LogP contribution in [0.4, 0.5) is 5.69 Å². The van der Waals surface area contributed by atoms with Crippen molar-refractivity contribution in [1.29, 1.82) is 0 Å². The van der Waals surface area contributed by atoms with Gasteiger partial charge in [-0.1, -0.05) is 18.2 Å². The van der Waals surface area contributed by atoms with Gasteiger partial charge in [-0.25, -0.2) is 0 Å². The molecular weight excluding hydrogens is 322 g/mol. The largest absolute Gasteiger partial charge is 0.369 e. The molecule has 0 aliphatic carbocycles. The summed E-state index contributed by atoms with van der Waals surface area (Å²) < 4.78 is 1.90. The molecule has 0 saturated carbocycles. The van der Waals surface area contributed by atoms with Gasteiger partial charge in [0, 0.05) is 69.8 Å². The van der Waals surface area contributed by atoms with Crippen molar-refractivity contribution in [2.45, 2.75) is 32.4 Å². The van der Waals surface area contributed by atoms with E-state index in [1.165, 1.54) is 55.8 Å². The maximum Gasteiger partial charge on any atom is 0.0534 e. The van der Waals surface area contributed by atoms with Gasteiger partial charge < -0.3 is 4.90 Å². The molecule has 140 valence electrons. The predicted molar refractivity (Wildman–Crippen MR) is 106 cm³/mol. The molecule has 2 aliphatic heterocycles. The molecule has 26 heavy (non-hydrogen) atoms. The third-order valence-corrected chi connectivity index (χ3v) is 5.93. The number of benzene rings is 1. The molecule has 0 bridgehead atoms. The first kappa shape index (κ1) is 17.6. The van der Waals surface area contributed by atoms with Gasteiger partial charge in [-0.2, -0.15) is 5.10 Å². The van der Waals surface area contributed by atoms with Crippen LogP contribution in [0.1, 0.15) is 24.0 Å². The van der Waals surface area contributed by atoms with Crippen molar-refractivity contribution in [2.75, 3.05) is 44.2 Å². The molecule has 2 saturated heterocycles. The van der Waals surface area contributed by atoms with Crippen LogP contribution in [0.25, 0.3) is 0 Å². The van der Waals surface area contributed by atoms with Crippen LogP contribution in [0.3, 0.4) is 0 Å². The van der Waals surface area contributed by atoms with Gasteiger partial charge in [-0.15, -0.1) is 0 Å².